The second kappa shape index (κ2) is 11.7. The van der Waals surface area contributed by atoms with Crippen LogP contribution in [-0.2, 0) is 25.9 Å². The number of nitrogens with zero attached hydrogens (tertiary/aromatic N) is 1. The van der Waals surface area contributed by atoms with Crippen molar-refractivity contribution in [1.82, 2.24) is 5.32 Å². The summed E-state index contributed by atoms with van der Waals surface area (Å²) in [4.78, 5) is 39.1. The number of hydrogen-bond acceptors (Lipinski definition) is 6. The number of Topliss-reactive ketones (excluding diaryl/α,β-unsaturated/α-hetero) is 1. The number of carbonyl (C=O) groups is 3. The first kappa shape index (κ1) is 31.3. The first-order valence-corrected chi connectivity index (χ1v) is 14.1. The highest BCUT2D eigenvalue weighted by atomic mass is 35.5. The van der Waals surface area contributed by atoms with Crippen LogP contribution < -0.4 is 10.2 Å². The van der Waals surface area contributed by atoms with Gasteiger partial charge in [0.2, 0.25) is 0 Å². The lowest BCUT2D eigenvalue weighted by atomic mass is 10.0. The Morgan fingerprint density at radius 2 is 1.75 bits per heavy atom. The number of ether oxygens (including phenoxy) is 1. The maximum Gasteiger partial charge on any atom is 0.408 e. The van der Waals surface area contributed by atoms with Gasteiger partial charge in [0.1, 0.15) is 17.5 Å². The number of alkyl carbamates (subject to hydrolysis) is 1. The minimum absolute atomic E-state index is 0.266. The number of benzene rings is 2. The van der Waals surface area contributed by atoms with Crippen molar-refractivity contribution < 1.29 is 45.1 Å². The van der Waals surface area contributed by atoms with Crippen LogP contribution in [0.25, 0.3) is 0 Å². The molecule has 1 heterocycles. The second-order valence-electron chi connectivity index (χ2n) is 10.2. The molecule has 40 heavy (non-hydrogen) atoms. The number of sulfone groups is 1. The van der Waals surface area contributed by atoms with E-state index in [2.05, 4.69) is 5.32 Å². The van der Waals surface area contributed by atoms with Gasteiger partial charge in [0.15, 0.2) is 15.6 Å². The first-order valence-electron chi connectivity index (χ1n) is 12.1. The van der Waals surface area contributed by atoms with Crippen molar-refractivity contribution in [2.45, 2.75) is 69.3 Å². The summed E-state index contributed by atoms with van der Waals surface area (Å²) in [6, 6.07) is 5.92. The average molecular weight is 607 g/mol. The van der Waals surface area contributed by atoms with Crippen molar-refractivity contribution in [3.63, 3.8) is 0 Å². The van der Waals surface area contributed by atoms with E-state index < -0.39 is 86.7 Å². The van der Waals surface area contributed by atoms with Gasteiger partial charge in [-0.15, -0.1) is 0 Å². The molecule has 0 spiro atoms. The van der Waals surface area contributed by atoms with Gasteiger partial charge < -0.3 is 15.0 Å². The normalized spacial score (nSPS) is 17.1. The van der Waals surface area contributed by atoms with Crippen molar-refractivity contribution in [2.24, 2.45) is 0 Å². The van der Waals surface area contributed by atoms with E-state index in [1.54, 1.807) is 32.9 Å². The molecular formula is C26H27ClF4N2O6S. The molecule has 8 nitrogen and oxygen atoms in total. The lowest BCUT2D eigenvalue weighted by Gasteiger charge is -2.27. The fourth-order valence-electron chi connectivity index (χ4n) is 3.98. The zero-order chi connectivity index (χ0) is 30.0. The van der Waals surface area contributed by atoms with Crippen molar-refractivity contribution in [3.05, 3.63) is 58.4 Å². The molecule has 14 heteroatoms. The Balaban J connectivity index is 2.08. The summed E-state index contributed by atoms with van der Waals surface area (Å²) in [5.74, 6) is -4.09. The van der Waals surface area contributed by atoms with Gasteiger partial charge in [-0.3, -0.25) is 9.59 Å². The third kappa shape index (κ3) is 8.17. The van der Waals surface area contributed by atoms with Gasteiger partial charge in [-0.25, -0.2) is 17.6 Å². The van der Waals surface area contributed by atoms with Crippen LogP contribution in [0, 0.1) is 5.82 Å². The van der Waals surface area contributed by atoms with E-state index in [4.69, 9.17) is 16.3 Å². The molecule has 1 atom stereocenters. The summed E-state index contributed by atoms with van der Waals surface area (Å²) in [7, 11) is -4.44. The van der Waals surface area contributed by atoms with Crippen LogP contribution in [0.3, 0.4) is 0 Å². The minimum atomic E-state index is -4.52. The molecule has 0 saturated carbocycles. The van der Waals surface area contributed by atoms with Gasteiger partial charge in [0.05, 0.1) is 28.4 Å². The van der Waals surface area contributed by atoms with E-state index in [-0.39, 0.29) is 12.2 Å². The van der Waals surface area contributed by atoms with Crippen molar-refractivity contribution >= 4 is 44.9 Å². The highest BCUT2D eigenvalue weighted by Gasteiger charge is 2.40. The minimum Gasteiger partial charge on any atom is -0.444 e. The van der Waals surface area contributed by atoms with Crippen LogP contribution in [0.2, 0.25) is 5.02 Å². The molecule has 2 aromatic carbocycles. The molecule has 0 bridgehead atoms. The molecule has 1 N–H and O–H groups in total. The van der Waals surface area contributed by atoms with E-state index >= 15 is 4.39 Å². The van der Waals surface area contributed by atoms with Crippen LogP contribution in [0.1, 0.15) is 56.0 Å². The standard InChI is InChI=1S/C26H27ClF4N2O6S/c1-25(2,3)39-24(36)32-19-14-40(37,38)22-12-18(28)17(21(34)5-4-10-26(29,30)31)11-20(22)33(23(19)35)13-15-6-8-16(27)9-7-15/h6-9,11-12,19H,4-5,10,13-14H2,1-3H3,(H,32,36)/t19-/m0/s1. The number of halogens is 5. The van der Waals surface area contributed by atoms with Crippen LogP contribution >= 0.6 is 11.6 Å². The van der Waals surface area contributed by atoms with Crippen molar-refractivity contribution in [3.8, 4) is 0 Å². The zero-order valence-corrected chi connectivity index (χ0v) is 23.3. The number of hydrogen-bond donors (Lipinski definition) is 1. The van der Waals surface area contributed by atoms with Crippen molar-refractivity contribution in [2.75, 3.05) is 10.7 Å². The fourth-order valence-corrected chi connectivity index (χ4v) is 5.72. The van der Waals surface area contributed by atoms with Gasteiger partial charge in [-0.2, -0.15) is 13.2 Å². The molecular weight excluding hydrogens is 580 g/mol. The highest BCUT2D eigenvalue weighted by Crippen LogP contribution is 2.35. The molecule has 0 fully saturated rings. The van der Waals surface area contributed by atoms with Crippen LogP contribution in [0.4, 0.5) is 28.0 Å². The lowest BCUT2D eigenvalue weighted by Crippen LogP contribution is -2.51. The number of amides is 2. The van der Waals surface area contributed by atoms with Crippen LogP contribution in [-0.4, -0.2) is 49.8 Å². The number of alkyl halides is 3. The summed E-state index contributed by atoms with van der Waals surface area (Å²) in [6.07, 6.45) is -8.11. The Morgan fingerprint density at radius 3 is 2.33 bits per heavy atom. The van der Waals surface area contributed by atoms with E-state index in [9.17, 15) is 36.0 Å². The summed E-state index contributed by atoms with van der Waals surface area (Å²) in [6.45, 7) is 4.43. The predicted molar refractivity (Wildman–Crippen MR) is 138 cm³/mol. The fraction of sp³-hybridized carbons (Fsp3) is 0.423. The van der Waals surface area contributed by atoms with Gasteiger partial charge in [0, 0.05) is 17.9 Å². The molecule has 0 radical (unpaired) electrons. The maximum absolute atomic E-state index is 15.0. The summed E-state index contributed by atoms with van der Waals surface area (Å²) < 4.78 is 84.4. The van der Waals surface area contributed by atoms with Gasteiger partial charge in [0.25, 0.3) is 5.91 Å². The number of carbonyl (C=O) groups excluding carboxylic acids is 3. The number of rotatable bonds is 7. The van der Waals surface area contributed by atoms with Gasteiger partial charge in [-0.1, -0.05) is 23.7 Å². The number of anilines is 1. The number of ketones is 1. The Bertz CT molecular complexity index is 1410. The molecule has 1 aliphatic rings. The third-order valence-electron chi connectivity index (χ3n) is 5.73. The van der Waals surface area contributed by atoms with E-state index in [0.717, 1.165) is 11.0 Å². The largest absolute Gasteiger partial charge is 0.444 e. The molecule has 1 aliphatic heterocycles. The van der Waals surface area contributed by atoms with Gasteiger partial charge >= 0.3 is 12.3 Å². The van der Waals surface area contributed by atoms with E-state index in [1.165, 1.54) is 12.1 Å². The smallest absolute Gasteiger partial charge is 0.408 e. The summed E-state index contributed by atoms with van der Waals surface area (Å²) >= 11 is 5.93. The molecule has 218 valence electrons. The molecule has 0 aliphatic carbocycles. The average Bonchev–Trinajstić information content (AvgIpc) is 2.86. The maximum atomic E-state index is 15.0. The number of fused-ring (bicyclic) bond motifs is 1. The third-order valence-corrected chi connectivity index (χ3v) is 7.76. The quantitative estimate of drug-likeness (QED) is 0.324. The molecule has 0 aromatic heterocycles. The molecule has 2 amide bonds. The zero-order valence-electron chi connectivity index (χ0n) is 21.8. The SMILES string of the molecule is CC(C)(C)OC(=O)N[C@H]1CS(=O)(=O)c2cc(F)c(C(=O)CCCC(F)(F)F)cc2N(Cc2ccc(Cl)cc2)C1=O. The molecule has 2 aromatic rings. The topological polar surface area (TPSA) is 110 Å². The monoisotopic (exact) mass is 606 g/mol. The van der Waals surface area contributed by atoms with Gasteiger partial charge in [-0.05, 0) is 57.0 Å². The Labute approximate surface area is 233 Å². The van der Waals surface area contributed by atoms with Crippen molar-refractivity contribution in [1.29, 1.82) is 0 Å². The Hall–Kier alpha value is -3.19. The van der Waals surface area contributed by atoms with E-state index in [1.807, 2.05) is 0 Å². The Morgan fingerprint density at radius 1 is 1.12 bits per heavy atom. The summed E-state index contributed by atoms with van der Waals surface area (Å²) in [5.41, 5.74) is -1.51. The second-order valence-corrected chi connectivity index (χ2v) is 12.7. The molecule has 3 rings (SSSR count). The first-order chi connectivity index (χ1) is 18.4. The van der Waals surface area contributed by atoms with Crippen LogP contribution in [0.15, 0.2) is 41.3 Å². The Kier molecular flexibility index (Phi) is 9.19. The predicted octanol–water partition coefficient (Wildman–Crippen LogP) is 5.61. The highest BCUT2D eigenvalue weighted by molar-refractivity contribution is 7.91. The lowest BCUT2D eigenvalue weighted by molar-refractivity contribution is -0.135. The number of nitrogens with one attached hydrogen (secondary N) is 1. The van der Waals surface area contributed by atoms with E-state index in [0.29, 0.717) is 16.7 Å². The summed E-state index contributed by atoms with van der Waals surface area (Å²) in [5, 5.41) is 2.64. The molecule has 0 saturated heterocycles. The molecule has 0 unspecified atom stereocenters. The van der Waals surface area contributed by atoms with Crippen LogP contribution in [0.5, 0.6) is 0 Å².